The molecule has 2 heterocycles. The third kappa shape index (κ3) is 2.76. The van der Waals surface area contributed by atoms with Crippen LogP contribution >= 0.6 is 0 Å². The summed E-state index contributed by atoms with van der Waals surface area (Å²) in [6, 6.07) is 17.0. The highest BCUT2D eigenvalue weighted by Crippen LogP contribution is 2.31. The molecule has 1 aliphatic rings. The summed E-state index contributed by atoms with van der Waals surface area (Å²) in [5, 5.41) is 10.5. The second-order valence-corrected chi connectivity index (χ2v) is 6.07. The third-order valence-electron chi connectivity index (χ3n) is 4.66. The molecule has 1 fully saturated rings. The van der Waals surface area contributed by atoms with Crippen molar-refractivity contribution in [2.24, 2.45) is 0 Å². The van der Waals surface area contributed by atoms with E-state index in [0.717, 1.165) is 29.7 Å². The molecular weight excluding hydrogens is 315 g/mol. The van der Waals surface area contributed by atoms with E-state index in [1.165, 1.54) is 6.07 Å². The second kappa shape index (κ2) is 6.40. The van der Waals surface area contributed by atoms with Gasteiger partial charge in [-0.1, -0.05) is 30.3 Å². The highest BCUT2D eigenvalue weighted by atomic mass is 19.1. The Balaban J connectivity index is 1.64. The van der Waals surface area contributed by atoms with Crippen molar-refractivity contribution in [3.63, 3.8) is 0 Å². The number of benzene rings is 2. The maximum Gasteiger partial charge on any atom is 0.146 e. The van der Waals surface area contributed by atoms with Crippen LogP contribution in [0, 0.1) is 17.1 Å². The van der Waals surface area contributed by atoms with Crippen LogP contribution in [0.2, 0.25) is 0 Å². The van der Waals surface area contributed by atoms with E-state index in [1.807, 2.05) is 36.4 Å². The number of hydrogen-bond acceptors (Lipinski definition) is 4. The highest BCUT2D eigenvalue weighted by molar-refractivity contribution is 5.94. The molecule has 0 saturated carbocycles. The van der Waals surface area contributed by atoms with Crippen LogP contribution in [0.1, 0.15) is 5.56 Å². The van der Waals surface area contributed by atoms with Crippen LogP contribution in [0.25, 0.3) is 10.9 Å². The van der Waals surface area contributed by atoms with E-state index in [1.54, 1.807) is 12.3 Å². The summed E-state index contributed by atoms with van der Waals surface area (Å²) in [4.78, 5) is 8.64. The van der Waals surface area contributed by atoms with Crippen molar-refractivity contribution in [3.8, 4) is 6.07 Å². The molecule has 25 heavy (non-hydrogen) atoms. The van der Waals surface area contributed by atoms with Crippen molar-refractivity contribution in [2.45, 2.75) is 0 Å². The summed E-state index contributed by atoms with van der Waals surface area (Å²) in [5.74, 6) is -0.192. The Hall–Kier alpha value is -3.13. The molecule has 0 N–H and O–H groups in total. The predicted octanol–water partition coefficient (Wildman–Crippen LogP) is 3.57. The molecule has 1 aliphatic heterocycles. The average molecular weight is 332 g/mol. The van der Waals surface area contributed by atoms with Gasteiger partial charge in [-0.05, 0) is 18.2 Å². The van der Waals surface area contributed by atoms with Gasteiger partial charge < -0.3 is 9.80 Å². The monoisotopic (exact) mass is 332 g/mol. The lowest BCUT2D eigenvalue weighted by Gasteiger charge is -2.38. The quantitative estimate of drug-likeness (QED) is 0.719. The number of nitriles is 1. The standard InChI is InChI=1S/C20H17FN4/c21-17-6-2-4-8-19(17)24-9-11-25(12-10-24)20-15(13-22)14-23-18-7-3-1-5-16(18)20/h1-8,14H,9-12H2. The topological polar surface area (TPSA) is 43.2 Å². The molecule has 4 nitrogen and oxygen atoms in total. The Bertz CT molecular complexity index is 955. The lowest BCUT2D eigenvalue weighted by Crippen LogP contribution is -2.47. The molecular formula is C20H17FN4. The lowest BCUT2D eigenvalue weighted by atomic mass is 10.1. The van der Waals surface area contributed by atoms with E-state index in [4.69, 9.17) is 0 Å². The summed E-state index contributed by atoms with van der Waals surface area (Å²) in [6.07, 6.45) is 1.64. The van der Waals surface area contributed by atoms with Crippen LogP contribution in [0.4, 0.5) is 15.8 Å². The van der Waals surface area contributed by atoms with E-state index in [-0.39, 0.29) is 5.82 Å². The zero-order valence-corrected chi connectivity index (χ0v) is 13.7. The summed E-state index contributed by atoms with van der Waals surface area (Å²) in [5.41, 5.74) is 3.04. The van der Waals surface area contributed by atoms with Gasteiger partial charge in [-0.2, -0.15) is 5.26 Å². The molecule has 0 amide bonds. The van der Waals surface area contributed by atoms with Crippen LogP contribution in [-0.2, 0) is 0 Å². The molecule has 5 heteroatoms. The van der Waals surface area contributed by atoms with Crippen molar-refractivity contribution in [2.75, 3.05) is 36.0 Å². The Morgan fingerprint density at radius 2 is 1.60 bits per heavy atom. The highest BCUT2D eigenvalue weighted by Gasteiger charge is 2.23. The van der Waals surface area contributed by atoms with Gasteiger partial charge >= 0.3 is 0 Å². The van der Waals surface area contributed by atoms with Gasteiger partial charge in [-0.25, -0.2) is 4.39 Å². The van der Waals surface area contributed by atoms with Crippen LogP contribution in [0.3, 0.4) is 0 Å². The van der Waals surface area contributed by atoms with Crippen LogP contribution in [0.5, 0.6) is 0 Å². The molecule has 0 spiro atoms. The fourth-order valence-electron chi connectivity index (χ4n) is 3.43. The number of halogens is 1. The molecule has 0 bridgehead atoms. The smallest absolute Gasteiger partial charge is 0.146 e. The van der Waals surface area contributed by atoms with Gasteiger partial charge in [0.25, 0.3) is 0 Å². The number of nitrogens with zero attached hydrogens (tertiary/aromatic N) is 4. The van der Waals surface area contributed by atoms with E-state index in [9.17, 15) is 9.65 Å². The zero-order chi connectivity index (χ0) is 17.2. The number of rotatable bonds is 2. The van der Waals surface area contributed by atoms with Crippen molar-refractivity contribution in [3.05, 3.63) is 66.1 Å². The van der Waals surface area contributed by atoms with Crippen LogP contribution < -0.4 is 9.80 Å². The molecule has 2 aromatic carbocycles. The van der Waals surface area contributed by atoms with Crippen LogP contribution in [0.15, 0.2) is 54.7 Å². The van der Waals surface area contributed by atoms with Gasteiger partial charge in [0.2, 0.25) is 0 Å². The summed E-state index contributed by atoms with van der Waals surface area (Å²) in [7, 11) is 0. The minimum Gasteiger partial charge on any atom is -0.366 e. The Morgan fingerprint density at radius 1 is 0.920 bits per heavy atom. The molecule has 124 valence electrons. The van der Waals surface area contributed by atoms with E-state index < -0.39 is 0 Å². The van der Waals surface area contributed by atoms with E-state index in [0.29, 0.717) is 24.3 Å². The maximum atomic E-state index is 14.0. The number of para-hydroxylation sites is 2. The fraction of sp³-hybridized carbons (Fsp3) is 0.200. The van der Waals surface area contributed by atoms with Gasteiger partial charge in [-0.3, -0.25) is 4.98 Å². The van der Waals surface area contributed by atoms with Crippen molar-refractivity contribution >= 4 is 22.3 Å². The van der Waals surface area contributed by atoms with Crippen molar-refractivity contribution in [1.82, 2.24) is 4.98 Å². The first kappa shape index (κ1) is 15.4. The largest absolute Gasteiger partial charge is 0.366 e. The minimum absolute atomic E-state index is 0.192. The van der Waals surface area contributed by atoms with Crippen LogP contribution in [-0.4, -0.2) is 31.2 Å². The summed E-state index contributed by atoms with van der Waals surface area (Å²) < 4.78 is 14.0. The van der Waals surface area contributed by atoms with E-state index >= 15 is 0 Å². The Labute approximate surface area is 145 Å². The summed E-state index contributed by atoms with van der Waals surface area (Å²) >= 11 is 0. The molecule has 0 unspecified atom stereocenters. The first-order valence-corrected chi connectivity index (χ1v) is 8.30. The molecule has 0 radical (unpaired) electrons. The van der Waals surface area contributed by atoms with Gasteiger partial charge in [0, 0.05) is 37.8 Å². The Morgan fingerprint density at radius 3 is 2.36 bits per heavy atom. The fourth-order valence-corrected chi connectivity index (χ4v) is 3.43. The summed E-state index contributed by atoms with van der Waals surface area (Å²) in [6.45, 7) is 2.89. The first-order chi connectivity index (χ1) is 12.3. The molecule has 1 saturated heterocycles. The SMILES string of the molecule is N#Cc1cnc2ccccc2c1N1CCN(c2ccccc2F)CC1. The van der Waals surface area contributed by atoms with E-state index in [2.05, 4.69) is 20.9 Å². The van der Waals surface area contributed by atoms with Crippen molar-refractivity contribution < 1.29 is 4.39 Å². The number of hydrogen-bond donors (Lipinski definition) is 0. The normalized spacial score (nSPS) is 14.6. The first-order valence-electron chi connectivity index (χ1n) is 8.30. The molecule has 1 aromatic heterocycles. The van der Waals surface area contributed by atoms with Gasteiger partial charge in [0.05, 0.1) is 22.5 Å². The number of fused-ring (bicyclic) bond motifs is 1. The molecule has 3 aromatic rings. The van der Waals surface area contributed by atoms with Gasteiger partial charge in [-0.15, -0.1) is 0 Å². The predicted molar refractivity (Wildman–Crippen MR) is 97.3 cm³/mol. The van der Waals surface area contributed by atoms with Gasteiger partial charge in [0.1, 0.15) is 11.9 Å². The third-order valence-corrected chi connectivity index (χ3v) is 4.66. The number of aromatic nitrogens is 1. The number of piperazine rings is 1. The molecule has 0 aliphatic carbocycles. The number of pyridine rings is 1. The van der Waals surface area contributed by atoms with Gasteiger partial charge in [0.15, 0.2) is 0 Å². The minimum atomic E-state index is -0.192. The Kier molecular flexibility index (Phi) is 3.95. The molecule has 4 rings (SSSR count). The average Bonchev–Trinajstić information content (AvgIpc) is 2.67. The second-order valence-electron chi connectivity index (χ2n) is 6.07. The molecule has 0 atom stereocenters. The maximum absolute atomic E-state index is 14.0. The van der Waals surface area contributed by atoms with Crippen molar-refractivity contribution in [1.29, 1.82) is 5.26 Å². The lowest BCUT2D eigenvalue weighted by molar-refractivity contribution is 0.598. The number of anilines is 2. The zero-order valence-electron chi connectivity index (χ0n) is 13.7.